The first-order valence-corrected chi connectivity index (χ1v) is 8.82. The van der Waals surface area contributed by atoms with E-state index in [0.717, 1.165) is 0 Å². The number of aromatic nitrogens is 2. The minimum Gasteiger partial charge on any atom is -0.268 e. The van der Waals surface area contributed by atoms with Gasteiger partial charge in [0.25, 0.3) is 5.56 Å². The zero-order chi connectivity index (χ0) is 17.1. The Morgan fingerprint density at radius 2 is 1.96 bits per heavy atom. The molecule has 4 nitrogen and oxygen atoms in total. The highest BCUT2D eigenvalue weighted by Crippen LogP contribution is 2.24. The van der Waals surface area contributed by atoms with Gasteiger partial charge in [0.05, 0.1) is 22.7 Å². The molecule has 0 radical (unpaired) electrons. The van der Waals surface area contributed by atoms with Crippen LogP contribution in [0.2, 0.25) is 10.0 Å². The molecule has 0 unspecified atom stereocenters. The normalized spacial score (nSPS) is 10.7. The lowest BCUT2D eigenvalue weighted by molar-refractivity contribution is 0.819. The third-order valence-corrected chi connectivity index (χ3v) is 4.72. The first-order valence-electron chi connectivity index (χ1n) is 7.08. The fourth-order valence-electron chi connectivity index (χ4n) is 2.27. The van der Waals surface area contributed by atoms with E-state index in [2.05, 4.69) is 11.1 Å². The molecule has 0 saturated heterocycles. The van der Waals surface area contributed by atoms with Crippen LogP contribution in [0, 0.1) is 11.3 Å². The number of hydrogen-bond donors (Lipinski definition) is 0. The molecule has 0 bridgehead atoms. The van der Waals surface area contributed by atoms with Crippen molar-refractivity contribution in [3.8, 4) is 11.8 Å². The number of nitriles is 1. The van der Waals surface area contributed by atoms with E-state index in [-0.39, 0.29) is 5.56 Å². The summed E-state index contributed by atoms with van der Waals surface area (Å²) in [5.41, 5.74) is 0.972. The predicted molar refractivity (Wildman–Crippen MR) is 98.3 cm³/mol. The fourth-order valence-corrected chi connectivity index (χ4v) is 3.47. The molecule has 0 saturated carbocycles. The highest BCUT2D eigenvalue weighted by atomic mass is 35.5. The second-order valence-corrected chi connectivity index (χ2v) is 6.87. The molecular formula is C17H11Cl2N3OS. The molecule has 0 aliphatic rings. The molecule has 0 aliphatic carbocycles. The highest BCUT2D eigenvalue weighted by Gasteiger charge is 2.14. The van der Waals surface area contributed by atoms with Crippen molar-refractivity contribution in [2.45, 2.75) is 11.6 Å². The average molecular weight is 376 g/mol. The fraction of sp³-hybridized carbons (Fsp3) is 0.118. The lowest BCUT2D eigenvalue weighted by atomic mass is 10.2. The number of thioether (sulfide) groups is 1. The van der Waals surface area contributed by atoms with Crippen LogP contribution in [0.5, 0.6) is 0 Å². The van der Waals surface area contributed by atoms with Crippen LogP contribution in [0.15, 0.2) is 52.4 Å². The van der Waals surface area contributed by atoms with Gasteiger partial charge in [-0.05, 0) is 36.4 Å². The Hall–Kier alpha value is -2.00. The number of fused-ring (bicyclic) bond motifs is 1. The van der Waals surface area contributed by atoms with Crippen LogP contribution in [0.25, 0.3) is 16.6 Å². The summed E-state index contributed by atoms with van der Waals surface area (Å²) in [6.45, 7) is 0. The molecule has 1 heterocycles. The minimum absolute atomic E-state index is 0.196. The van der Waals surface area contributed by atoms with E-state index in [0.29, 0.717) is 44.0 Å². The van der Waals surface area contributed by atoms with Crippen LogP contribution in [-0.4, -0.2) is 15.3 Å². The van der Waals surface area contributed by atoms with E-state index in [1.165, 1.54) is 16.3 Å². The summed E-state index contributed by atoms with van der Waals surface area (Å²) in [5, 5.41) is 10.8. The molecular weight excluding hydrogens is 365 g/mol. The summed E-state index contributed by atoms with van der Waals surface area (Å²) < 4.78 is 1.52. The summed E-state index contributed by atoms with van der Waals surface area (Å²) in [6.07, 6.45) is 0.365. The number of nitrogens with zero attached hydrogens (tertiary/aromatic N) is 3. The van der Waals surface area contributed by atoms with Gasteiger partial charge in [-0.25, -0.2) is 4.98 Å². The average Bonchev–Trinajstić information content (AvgIpc) is 2.55. The van der Waals surface area contributed by atoms with Gasteiger partial charge < -0.3 is 0 Å². The quantitative estimate of drug-likeness (QED) is 0.376. The van der Waals surface area contributed by atoms with Crippen LogP contribution in [-0.2, 0) is 0 Å². The molecule has 120 valence electrons. The van der Waals surface area contributed by atoms with E-state index in [1.807, 2.05) is 0 Å². The lowest BCUT2D eigenvalue weighted by Gasteiger charge is -2.13. The molecule has 0 aliphatic heterocycles. The standard InChI is InChI=1S/C17H11Cl2N3OS/c18-11-3-1-4-13(9-11)22-16(23)14-6-5-12(19)10-15(14)21-17(22)24-8-2-7-20/h1,3-6,9-10H,2,8H2. The van der Waals surface area contributed by atoms with Crippen LogP contribution in [0.3, 0.4) is 0 Å². The van der Waals surface area contributed by atoms with Crippen LogP contribution >= 0.6 is 35.0 Å². The van der Waals surface area contributed by atoms with Gasteiger partial charge in [0.2, 0.25) is 0 Å². The van der Waals surface area contributed by atoms with Crippen molar-refractivity contribution in [2.75, 3.05) is 5.75 Å². The zero-order valence-electron chi connectivity index (χ0n) is 12.4. The topological polar surface area (TPSA) is 58.7 Å². The summed E-state index contributed by atoms with van der Waals surface area (Å²) >= 11 is 13.4. The van der Waals surface area contributed by atoms with Gasteiger partial charge in [-0.15, -0.1) is 0 Å². The molecule has 3 aromatic rings. The molecule has 0 N–H and O–H groups in total. The Labute approximate surface area is 152 Å². The first kappa shape index (κ1) is 16.8. The maximum absolute atomic E-state index is 13.0. The number of halogens is 2. The summed E-state index contributed by atoms with van der Waals surface area (Å²) in [6, 6.07) is 14.1. The van der Waals surface area contributed by atoms with Crippen molar-refractivity contribution in [3.05, 3.63) is 62.9 Å². The largest absolute Gasteiger partial charge is 0.268 e. The Morgan fingerprint density at radius 3 is 2.71 bits per heavy atom. The molecule has 3 rings (SSSR count). The van der Waals surface area contributed by atoms with Gasteiger partial charge >= 0.3 is 0 Å². The molecule has 24 heavy (non-hydrogen) atoms. The number of benzene rings is 2. The van der Waals surface area contributed by atoms with Crippen molar-refractivity contribution >= 4 is 45.9 Å². The van der Waals surface area contributed by atoms with Crippen molar-refractivity contribution < 1.29 is 0 Å². The van der Waals surface area contributed by atoms with Crippen LogP contribution in [0.1, 0.15) is 6.42 Å². The number of rotatable bonds is 4. The Bertz CT molecular complexity index is 1010. The second kappa shape index (κ2) is 7.27. The van der Waals surface area contributed by atoms with Gasteiger partial charge in [-0.2, -0.15) is 5.26 Å². The van der Waals surface area contributed by atoms with E-state index >= 15 is 0 Å². The van der Waals surface area contributed by atoms with E-state index in [1.54, 1.807) is 42.5 Å². The van der Waals surface area contributed by atoms with Gasteiger partial charge in [-0.3, -0.25) is 9.36 Å². The van der Waals surface area contributed by atoms with Crippen LogP contribution < -0.4 is 5.56 Å². The smallest absolute Gasteiger partial charge is 0.266 e. The summed E-state index contributed by atoms with van der Waals surface area (Å²) in [7, 11) is 0. The van der Waals surface area contributed by atoms with Crippen molar-refractivity contribution in [1.29, 1.82) is 5.26 Å². The number of hydrogen-bond acceptors (Lipinski definition) is 4. The monoisotopic (exact) mass is 375 g/mol. The Kier molecular flexibility index (Phi) is 5.10. The summed E-state index contributed by atoms with van der Waals surface area (Å²) in [4.78, 5) is 17.5. The van der Waals surface area contributed by atoms with Crippen molar-refractivity contribution in [1.82, 2.24) is 9.55 Å². The minimum atomic E-state index is -0.196. The van der Waals surface area contributed by atoms with Crippen molar-refractivity contribution in [2.24, 2.45) is 0 Å². The Morgan fingerprint density at radius 1 is 1.17 bits per heavy atom. The molecule has 2 aromatic carbocycles. The van der Waals surface area contributed by atoms with Gasteiger partial charge in [-0.1, -0.05) is 41.0 Å². The molecule has 0 amide bonds. The molecule has 0 atom stereocenters. The van der Waals surface area contributed by atoms with E-state index in [9.17, 15) is 4.79 Å². The maximum atomic E-state index is 13.0. The highest BCUT2D eigenvalue weighted by molar-refractivity contribution is 7.99. The first-order chi connectivity index (χ1) is 11.6. The van der Waals surface area contributed by atoms with Crippen LogP contribution in [0.4, 0.5) is 0 Å². The molecule has 1 aromatic heterocycles. The predicted octanol–water partition coefficient (Wildman–Crippen LogP) is 4.70. The van der Waals surface area contributed by atoms with Gasteiger partial charge in [0, 0.05) is 22.2 Å². The lowest BCUT2D eigenvalue weighted by Crippen LogP contribution is -2.21. The zero-order valence-corrected chi connectivity index (χ0v) is 14.7. The SMILES string of the molecule is N#CCCSc1nc2cc(Cl)ccc2c(=O)n1-c1cccc(Cl)c1. The van der Waals surface area contributed by atoms with E-state index in [4.69, 9.17) is 28.5 Å². The molecule has 0 fully saturated rings. The van der Waals surface area contributed by atoms with Gasteiger partial charge in [0.15, 0.2) is 5.16 Å². The Balaban J connectivity index is 2.26. The van der Waals surface area contributed by atoms with Crippen molar-refractivity contribution in [3.63, 3.8) is 0 Å². The third-order valence-electron chi connectivity index (χ3n) is 3.31. The molecule has 7 heteroatoms. The van der Waals surface area contributed by atoms with E-state index < -0.39 is 0 Å². The summed E-state index contributed by atoms with van der Waals surface area (Å²) in [5.74, 6) is 0.537. The molecule has 0 spiro atoms. The maximum Gasteiger partial charge on any atom is 0.266 e. The third kappa shape index (κ3) is 3.41. The van der Waals surface area contributed by atoms with Gasteiger partial charge in [0.1, 0.15) is 0 Å². The second-order valence-electron chi connectivity index (χ2n) is 4.93.